The van der Waals surface area contributed by atoms with Crippen LogP contribution in [0, 0.1) is 0 Å². The molecular weight excluding hydrogens is 368 g/mol. The van der Waals surface area contributed by atoms with E-state index in [1.54, 1.807) is 30.3 Å². The monoisotopic (exact) mass is 386 g/mol. The van der Waals surface area contributed by atoms with Crippen LogP contribution in [-0.2, 0) is 12.7 Å². The SMILES string of the molecule is C=CCn1nc2c(C(F)(F)F)cccc2c1-c1ccc(OC)cc1OC.[H-].[Na+]. The largest absolute Gasteiger partial charge is 1.00 e. The summed E-state index contributed by atoms with van der Waals surface area (Å²) in [7, 11) is 3.03. The minimum absolute atomic E-state index is 0. The van der Waals surface area contributed by atoms with Gasteiger partial charge in [-0.25, -0.2) is 0 Å². The van der Waals surface area contributed by atoms with Crippen molar-refractivity contribution < 1.29 is 53.6 Å². The number of allylic oxidation sites excluding steroid dienone is 1. The van der Waals surface area contributed by atoms with Crippen LogP contribution in [0.4, 0.5) is 13.2 Å². The van der Waals surface area contributed by atoms with E-state index in [9.17, 15) is 13.2 Å². The maximum Gasteiger partial charge on any atom is 1.00 e. The Bertz CT molecular complexity index is 974. The second kappa shape index (κ2) is 8.37. The van der Waals surface area contributed by atoms with Crippen molar-refractivity contribution in [2.75, 3.05) is 14.2 Å². The number of halogens is 3. The first-order valence-corrected chi connectivity index (χ1v) is 7.80. The average molecular weight is 386 g/mol. The molecule has 27 heavy (non-hydrogen) atoms. The molecule has 4 nitrogen and oxygen atoms in total. The van der Waals surface area contributed by atoms with Crippen molar-refractivity contribution in [1.82, 2.24) is 9.78 Å². The number of hydrogen-bond acceptors (Lipinski definition) is 3. The second-order valence-electron chi connectivity index (χ2n) is 5.59. The predicted molar refractivity (Wildman–Crippen MR) is 94.6 cm³/mol. The standard InChI is InChI=1S/C19H17F3N2O2.Na.H/c1-4-10-24-18(13-9-8-12(25-2)11-16(13)26-3)14-6-5-7-15(17(14)23-24)19(20,21)22;;/h4-9,11H,1,10H2,2-3H3;;/q;+1;-1. The first-order valence-electron chi connectivity index (χ1n) is 7.80. The Balaban J connectivity index is 0.00000196. The molecule has 0 radical (unpaired) electrons. The van der Waals surface area contributed by atoms with Gasteiger partial charge < -0.3 is 10.9 Å². The van der Waals surface area contributed by atoms with Crippen LogP contribution in [0.25, 0.3) is 22.2 Å². The Hall–Kier alpha value is -1.96. The van der Waals surface area contributed by atoms with Crippen molar-refractivity contribution in [3.05, 3.63) is 54.6 Å². The molecule has 0 aliphatic heterocycles. The van der Waals surface area contributed by atoms with Gasteiger partial charge >= 0.3 is 35.7 Å². The molecule has 0 bridgehead atoms. The van der Waals surface area contributed by atoms with Crippen LogP contribution in [0.15, 0.2) is 49.1 Å². The van der Waals surface area contributed by atoms with Crippen molar-refractivity contribution >= 4 is 10.9 Å². The van der Waals surface area contributed by atoms with E-state index in [0.29, 0.717) is 28.1 Å². The maximum atomic E-state index is 13.4. The van der Waals surface area contributed by atoms with Crippen LogP contribution in [-0.4, -0.2) is 24.0 Å². The van der Waals surface area contributed by atoms with E-state index in [1.807, 2.05) is 0 Å². The summed E-state index contributed by atoms with van der Waals surface area (Å²) in [4.78, 5) is 0. The molecule has 1 heterocycles. The summed E-state index contributed by atoms with van der Waals surface area (Å²) >= 11 is 0. The van der Waals surface area contributed by atoms with Gasteiger partial charge in [0.1, 0.15) is 17.0 Å². The Morgan fingerprint density at radius 3 is 2.52 bits per heavy atom. The summed E-state index contributed by atoms with van der Waals surface area (Å²) in [5.74, 6) is 1.06. The van der Waals surface area contributed by atoms with Crippen LogP contribution in [0.1, 0.15) is 6.99 Å². The third kappa shape index (κ3) is 4.00. The van der Waals surface area contributed by atoms with Crippen LogP contribution in [0.5, 0.6) is 11.5 Å². The van der Waals surface area contributed by atoms with Crippen molar-refractivity contribution in [3.8, 4) is 22.8 Å². The number of hydrogen-bond donors (Lipinski definition) is 0. The third-order valence-electron chi connectivity index (χ3n) is 4.04. The molecule has 0 saturated carbocycles. The molecule has 3 rings (SSSR count). The van der Waals surface area contributed by atoms with Gasteiger partial charge in [-0.1, -0.05) is 18.2 Å². The quantitative estimate of drug-likeness (QED) is 0.498. The number of fused-ring (bicyclic) bond motifs is 1. The second-order valence-corrected chi connectivity index (χ2v) is 5.59. The minimum Gasteiger partial charge on any atom is -1.00 e. The van der Waals surface area contributed by atoms with E-state index in [-0.39, 0.29) is 43.0 Å². The van der Waals surface area contributed by atoms with Gasteiger partial charge in [0, 0.05) is 17.0 Å². The predicted octanol–water partition coefficient (Wildman–Crippen LogP) is 2.04. The fourth-order valence-electron chi connectivity index (χ4n) is 2.91. The first-order chi connectivity index (χ1) is 12.4. The number of ether oxygens (including phenoxy) is 2. The molecule has 1 aromatic heterocycles. The van der Waals surface area contributed by atoms with Crippen molar-refractivity contribution in [3.63, 3.8) is 0 Å². The molecule has 8 heteroatoms. The summed E-state index contributed by atoms with van der Waals surface area (Å²) in [6.07, 6.45) is -2.91. The molecule has 0 aliphatic carbocycles. The van der Waals surface area contributed by atoms with E-state index in [1.165, 1.54) is 25.0 Å². The molecule has 0 unspecified atom stereocenters. The molecule has 0 fully saturated rings. The zero-order chi connectivity index (χ0) is 18.9. The summed E-state index contributed by atoms with van der Waals surface area (Å²) in [6, 6.07) is 9.18. The number of aromatic nitrogens is 2. The number of alkyl halides is 3. The number of nitrogens with zero attached hydrogens (tertiary/aromatic N) is 2. The Kier molecular flexibility index (Phi) is 6.62. The minimum atomic E-state index is -4.49. The Labute approximate surface area is 178 Å². The zero-order valence-corrected chi connectivity index (χ0v) is 17.3. The van der Waals surface area contributed by atoms with E-state index in [4.69, 9.17) is 9.47 Å². The van der Waals surface area contributed by atoms with Gasteiger partial charge in [-0.3, -0.25) is 4.68 Å². The van der Waals surface area contributed by atoms with Gasteiger partial charge in [0.2, 0.25) is 0 Å². The number of methoxy groups -OCH3 is 2. The first kappa shape index (κ1) is 21.3. The van der Waals surface area contributed by atoms with Gasteiger partial charge in [0.05, 0.1) is 32.0 Å². The van der Waals surface area contributed by atoms with Gasteiger partial charge in [0.15, 0.2) is 0 Å². The molecule has 0 aliphatic rings. The van der Waals surface area contributed by atoms with Crippen molar-refractivity contribution in [2.24, 2.45) is 0 Å². The fraction of sp³-hybridized carbons (Fsp3) is 0.211. The van der Waals surface area contributed by atoms with E-state index < -0.39 is 11.7 Å². The normalized spacial score (nSPS) is 11.1. The van der Waals surface area contributed by atoms with Crippen LogP contribution < -0.4 is 39.0 Å². The van der Waals surface area contributed by atoms with Crippen molar-refractivity contribution in [1.29, 1.82) is 0 Å². The zero-order valence-electron chi connectivity index (χ0n) is 16.3. The van der Waals surface area contributed by atoms with Gasteiger partial charge in [0.25, 0.3) is 0 Å². The summed E-state index contributed by atoms with van der Waals surface area (Å²) in [5, 5.41) is 4.60. The summed E-state index contributed by atoms with van der Waals surface area (Å²) < 4.78 is 52.3. The van der Waals surface area contributed by atoms with Crippen LogP contribution >= 0.6 is 0 Å². The summed E-state index contributed by atoms with van der Waals surface area (Å²) in [6.45, 7) is 3.93. The molecule has 3 aromatic rings. The molecule has 0 spiro atoms. The molecule has 0 amide bonds. The Morgan fingerprint density at radius 1 is 1.19 bits per heavy atom. The van der Waals surface area contributed by atoms with E-state index in [0.717, 1.165) is 6.07 Å². The molecule has 0 saturated heterocycles. The number of rotatable bonds is 5. The van der Waals surface area contributed by atoms with Gasteiger partial charge in [-0.15, -0.1) is 6.58 Å². The summed E-state index contributed by atoms with van der Waals surface area (Å²) in [5.41, 5.74) is 0.281. The molecule has 138 valence electrons. The molecule has 2 aromatic carbocycles. The fourth-order valence-corrected chi connectivity index (χ4v) is 2.91. The van der Waals surface area contributed by atoms with Gasteiger partial charge in [-0.2, -0.15) is 18.3 Å². The van der Waals surface area contributed by atoms with Crippen LogP contribution in [0.3, 0.4) is 0 Å². The number of benzene rings is 2. The topological polar surface area (TPSA) is 36.3 Å². The molecule has 0 N–H and O–H groups in total. The molecule has 0 atom stereocenters. The van der Waals surface area contributed by atoms with Gasteiger partial charge in [-0.05, 0) is 18.2 Å². The Morgan fingerprint density at radius 2 is 1.93 bits per heavy atom. The third-order valence-corrected chi connectivity index (χ3v) is 4.04. The van der Waals surface area contributed by atoms with E-state index in [2.05, 4.69) is 11.7 Å². The molecular formula is C19H18F3N2NaO2. The van der Waals surface area contributed by atoms with E-state index >= 15 is 0 Å². The van der Waals surface area contributed by atoms with Crippen molar-refractivity contribution in [2.45, 2.75) is 12.7 Å². The van der Waals surface area contributed by atoms with Crippen LogP contribution in [0.2, 0.25) is 0 Å². The smallest absolute Gasteiger partial charge is 1.00 e. The maximum absolute atomic E-state index is 13.4. The average Bonchev–Trinajstić information content (AvgIpc) is 2.98.